The number of benzene rings is 3. The van der Waals surface area contributed by atoms with Gasteiger partial charge in [0.05, 0.1) is 20.3 Å². The van der Waals surface area contributed by atoms with E-state index in [1.165, 1.54) is 14.0 Å². The molecule has 4 rings (SSSR count). The molecule has 1 fully saturated rings. The minimum absolute atomic E-state index is 0.0950. The molecule has 3 aromatic rings. The maximum atomic E-state index is 14.0. The van der Waals surface area contributed by atoms with Crippen molar-refractivity contribution >= 4 is 23.4 Å². The minimum Gasteiger partial charge on any atom is -0.493 e. The summed E-state index contributed by atoms with van der Waals surface area (Å²) < 4.78 is 22.9. The summed E-state index contributed by atoms with van der Waals surface area (Å²) in [5.74, 6) is -0.512. The molecule has 3 aromatic carbocycles. The summed E-state index contributed by atoms with van der Waals surface area (Å²) in [7, 11) is 1.50. The van der Waals surface area contributed by atoms with Gasteiger partial charge in [-0.25, -0.2) is 0 Å². The summed E-state index contributed by atoms with van der Waals surface area (Å²) in [5, 5.41) is 13.7. The highest BCUT2D eigenvalue weighted by atomic mass is 16.6. The summed E-state index contributed by atoms with van der Waals surface area (Å²) in [6, 6.07) is 20.9. The number of nitrogens with two attached hydrogens (primary N) is 1. The van der Waals surface area contributed by atoms with E-state index < -0.39 is 17.6 Å². The standard InChI is InChI=1S/C31H37N5O6/c1-22(37)42-31(30(38)34-21-23-6-4-3-5-7-23,35-26-11-8-24(9-12-26)29(32)33)25-10-13-27(28(20-25)39-2)41-19-16-36-14-17-40-18-15-36/h3-13,20,35H,14-19,21H2,1-2H3,(H3,32,33)(H,34,38)/t31-/m0/s1. The third kappa shape index (κ3) is 7.77. The number of nitrogens with zero attached hydrogens (tertiary/aromatic N) is 1. The van der Waals surface area contributed by atoms with E-state index in [2.05, 4.69) is 15.5 Å². The van der Waals surface area contributed by atoms with Gasteiger partial charge >= 0.3 is 5.97 Å². The number of anilines is 1. The summed E-state index contributed by atoms with van der Waals surface area (Å²) in [6.07, 6.45) is 0. The topological polar surface area (TPSA) is 148 Å². The maximum Gasteiger partial charge on any atom is 0.305 e. The number of amidine groups is 1. The fourth-order valence-corrected chi connectivity index (χ4v) is 4.56. The number of nitrogen functional groups attached to an aromatic ring is 1. The first-order valence-electron chi connectivity index (χ1n) is 13.7. The van der Waals surface area contributed by atoms with Crippen molar-refractivity contribution in [3.8, 4) is 11.5 Å². The monoisotopic (exact) mass is 575 g/mol. The average molecular weight is 576 g/mol. The first-order chi connectivity index (χ1) is 20.3. The van der Waals surface area contributed by atoms with Crippen molar-refractivity contribution in [1.29, 1.82) is 5.41 Å². The number of esters is 1. The third-order valence-electron chi connectivity index (χ3n) is 6.77. The summed E-state index contributed by atoms with van der Waals surface area (Å²) in [6.45, 7) is 5.70. The molecule has 11 nitrogen and oxygen atoms in total. The number of rotatable bonds is 13. The van der Waals surface area contributed by atoms with Crippen LogP contribution in [-0.4, -0.2) is 69.2 Å². The smallest absolute Gasteiger partial charge is 0.305 e. The Bertz CT molecular complexity index is 1360. The van der Waals surface area contributed by atoms with Crippen LogP contribution in [0.1, 0.15) is 23.6 Å². The molecule has 0 bridgehead atoms. The molecule has 0 radical (unpaired) electrons. The Hall–Kier alpha value is -4.61. The van der Waals surface area contributed by atoms with Crippen LogP contribution < -0.4 is 25.8 Å². The fourth-order valence-electron chi connectivity index (χ4n) is 4.56. The Labute approximate surface area is 245 Å². The van der Waals surface area contributed by atoms with Crippen LogP contribution in [0.5, 0.6) is 11.5 Å². The third-order valence-corrected chi connectivity index (χ3v) is 6.77. The molecular weight excluding hydrogens is 538 g/mol. The second-order valence-corrected chi connectivity index (χ2v) is 9.73. The van der Waals surface area contributed by atoms with Crippen molar-refractivity contribution in [2.45, 2.75) is 19.2 Å². The lowest BCUT2D eigenvalue weighted by Gasteiger charge is -2.34. The van der Waals surface area contributed by atoms with Crippen molar-refractivity contribution in [1.82, 2.24) is 10.2 Å². The highest BCUT2D eigenvalue weighted by Gasteiger charge is 2.45. The molecule has 0 aliphatic carbocycles. The molecule has 5 N–H and O–H groups in total. The van der Waals surface area contributed by atoms with Crippen LogP contribution in [0, 0.1) is 5.41 Å². The van der Waals surface area contributed by atoms with Crippen molar-refractivity contribution in [2.75, 3.05) is 51.9 Å². The van der Waals surface area contributed by atoms with Gasteiger partial charge < -0.3 is 35.3 Å². The van der Waals surface area contributed by atoms with Gasteiger partial charge in [0.2, 0.25) is 0 Å². The second kappa shape index (κ2) is 14.3. The minimum atomic E-state index is -1.97. The Morgan fingerprint density at radius 2 is 1.74 bits per heavy atom. The molecule has 11 heteroatoms. The zero-order chi connectivity index (χ0) is 30.0. The second-order valence-electron chi connectivity index (χ2n) is 9.73. The first kappa shape index (κ1) is 30.4. The molecule has 1 atom stereocenters. The van der Waals surface area contributed by atoms with E-state index in [1.54, 1.807) is 42.5 Å². The highest BCUT2D eigenvalue weighted by Crippen LogP contribution is 2.36. The van der Waals surface area contributed by atoms with Crippen LogP contribution in [0.2, 0.25) is 0 Å². The lowest BCUT2D eigenvalue weighted by molar-refractivity contribution is -0.165. The van der Waals surface area contributed by atoms with Crippen LogP contribution in [0.3, 0.4) is 0 Å². The van der Waals surface area contributed by atoms with Gasteiger partial charge in [-0.3, -0.25) is 19.9 Å². The number of hydrogen-bond acceptors (Lipinski definition) is 9. The molecule has 0 saturated carbocycles. The highest BCUT2D eigenvalue weighted by molar-refractivity contribution is 5.95. The van der Waals surface area contributed by atoms with Crippen LogP contribution in [-0.2, 0) is 31.3 Å². The van der Waals surface area contributed by atoms with Crippen molar-refractivity contribution in [3.05, 3.63) is 89.5 Å². The summed E-state index contributed by atoms with van der Waals surface area (Å²) in [5.41, 5.74) is 5.79. The van der Waals surface area contributed by atoms with E-state index in [9.17, 15) is 9.59 Å². The van der Waals surface area contributed by atoms with E-state index in [4.69, 9.17) is 30.1 Å². The van der Waals surface area contributed by atoms with Gasteiger partial charge in [0.25, 0.3) is 11.6 Å². The number of hydrogen-bond donors (Lipinski definition) is 4. The number of carbonyl (C=O) groups is 2. The van der Waals surface area contributed by atoms with E-state index in [0.29, 0.717) is 48.1 Å². The van der Waals surface area contributed by atoms with Crippen LogP contribution in [0.4, 0.5) is 5.69 Å². The number of ether oxygens (including phenoxy) is 4. The molecule has 1 aliphatic heterocycles. The molecule has 1 heterocycles. The van der Waals surface area contributed by atoms with Gasteiger partial charge in [-0.05, 0) is 48.0 Å². The van der Waals surface area contributed by atoms with E-state index in [1.807, 2.05) is 30.3 Å². The Kier molecular flexibility index (Phi) is 10.4. The van der Waals surface area contributed by atoms with Crippen molar-refractivity contribution in [2.24, 2.45) is 5.73 Å². The molecule has 1 aliphatic rings. The number of amides is 1. The molecule has 1 amide bonds. The number of methoxy groups -OCH3 is 1. The zero-order valence-electron chi connectivity index (χ0n) is 23.9. The molecule has 42 heavy (non-hydrogen) atoms. The van der Waals surface area contributed by atoms with Crippen LogP contribution in [0.25, 0.3) is 0 Å². The van der Waals surface area contributed by atoms with Gasteiger partial charge in [-0.2, -0.15) is 0 Å². The van der Waals surface area contributed by atoms with Crippen LogP contribution in [0.15, 0.2) is 72.8 Å². The molecule has 0 unspecified atom stereocenters. The Morgan fingerprint density at radius 3 is 2.38 bits per heavy atom. The molecule has 222 valence electrons. The SMILES string of the molecule is COc1cc([C@](Nc2ccc(C(=N)N)cc2)(OC(C)=O)C(=O)NCc2ccccc2)ccc1OCCN1CCOCC1. The first-order valence-corrected chi connectivity index (χ1v) is 13.7. The van der Waals surface area contributed by atoms with Gasteiger partial charge in [-0.15, -0.1) is 0 Å². The normalized spacial score (nSPS) is 14.7. The van der Waals surface area contributed by atoms with Crippen molar-refractivity contribution in [3.63, 3.8) is 0 Å². The predicted molar refractivity (Wildman–Crippen MR) is 159 cm³/mol. The number of carbonyl (C=O) groups excluding carboxylic acids is 2. The lowest BCUT2D eigenvalue weighted by atomic mass is 9.99. The lowest BCUT2D eigenvalue weighted by Crippen LogP contribution is -2.52. The van der Waals surface area contributed by atoms with Gasteiger partial charge in [0, 0.05) is 49.9 Å². The molecule has 1 saturated heterocycles. The number of nitrogens with one attached hydrogen (secondary N) is 3. The Morgan fingerprint density at radius 1 is 1.02 bits per heavy atom. The van der Waals surface area contributed by atoms with Crippen LogP contribution >= 0.6 is 0 Å². The van der Waals surface area contributed by atoms with Gasteiger partial charge in [0.15, 0.2) is 11.5 Å². The van der Waals surface area contributed by atoms with Gasteiger partial charge in [0.1, 0.15) is 12.4 Å². The van der Waals surface area contributed by atoms with Gasteiger partial charge in [-0.1, -0.05) is 30.3 Å². The Balaban J connectivity index is 1.66. The average Bonchev–Trinajstić information content (AvgIpc) is 3.00. The molecule has 0 aromatic heterocycles. The zero-order valence-corrected chi connectivity index (χ0v) is 23.9. The van der Waals surface area contributed by atoms with E-state index in [0.717, 1.165) is 25.2 Å². The maximum absolute atomic E-state index is 14.0. The summed E-state index contributed by atoms with van der Waals surface area (Å²) >= 11 is 0. The predicted octanol–water partition coefficient (Wildman–Crippen LogP) is 2.83. The fraction of sp³-hybridized carbons (Fsp3) is 0.323. The molecule has 0 spiro atoms. The van der Waals surface area contributed by atoms with E-state index >= 15 is 0 Å². The largest absolute Gasteiger partial charge is 0.493 e. The number of morpholine rings is 1. The summed E-state index contributed by atoms with van der Waals surface area (Å²) in [4.78, 5) is 28.8. The van der Waals surface area contributed by atoms with Crippen molar-refractivity contribution < 1.29 is 28.5 Å². The quantitative estimate of drug-likeness (QED) is 0.104. The molecular formula is C31H37N5O6. The van der Waals surface area contributed by atoms with E-state index in [-0.39, 0.29) is 12.4 Å².